The van der Waals surface area contributed by atoms with E-state index in [1.165, 1.54) is 40.6 Å². The first-order chi connectivity index (χ1) is 14.4. The van der Waals surface area contributed by atoms with Crippen LogP contribution in [0, 0.1) is 6.92 Å². The summed E-state index contributed by atoms with van der Waals surface area (Å²) in [4.78, 5) is 28.3. The van der Waals surface area contributed by atoms with Crippen molar-refractivity contribution in [1.82, 2.24) is 4.98 Å². The minimum Gasteiger partial charge on any atom is -0.478 e. The molecule has 30 heavy (non-hydrogen) atoms. The zero-order chi connectivity index (χ0) is 21.3. The van der Waals surface area contributed by atoms with Gasteiger partial charge in [-0.15, -0.1) is 11.3 Å². The lowest BCUT2D eigenvalue weighted by molar-refractivity contribution is -0.117. The number of aryl methyl sites for hydroxylation is 1. The maximum Gasteiger partial charge on any atom is 0.335 e. The van der Waals surface area contributed by atoms with E-state index in [0.717, 1.165) is 16.8 Å². The molecule has 1 aliphatic rings. The first-order valence-corrected chi connectivity index (χ1v) is 9.96. The summed E-state index contributed by atoms with van der Waals surface area (Å²) in [7, 11) is 0. The number of carboxylic acids is 1. The highest BCUT2D eigenvalue weighted by Crippen LogP contribution is 2.30. The number of hydrazone groups is 1. The van der Waals surface area contributed by atoms with Crippen LogP contribution < -0.4 is 5.01 Å². The van der Waals surface area contributed by atoms with Gasteiger partial charge in [0, 0.05) is 10.9 Å². The molecule has 0 aliphatic carbocycles. The molecule has 0 unspecified atom stereocenters. The van der Waals surface area contributed by atoms with Crippen LogP contribution in [-0.4, -0.2) is 33.7 Å². The van der Waals surface area contributed by atoms with Crippen molar-refractivity contribution in [2.24, 2.45) is 15.3 Å². The Bertz CT molecular complexity index is 1170. The van der Waals surface area contributed by atoms with E-state index < -0.39 is 12.0 Å². The van der Waals surface area contributed by atoms with Gasteiger partial charge < -0.3 is 5.11 Å². The highest BCUT2D eigenvalue weighted by atomic mass is 32.1. The first-order valence-electron chi connectivity index (χ1n) is 9.08. The Hall–Kier alpha value is -3.72. The third-order valence-electron chi connectivity index (χ3n) is 4.52. The van der Waals surface area contributed by atoms with E-state index in [9.17, 15) is 9.59 Å². The number of anilines is 1. The number of carbonyl (C=O) groups is 2. The highest BCUT2D eigenvalue weighted by molar-refractivity contribution is 7.14. The molecule has 0 saturated carbocycles. The summed E-state index contributed by atoms with van der Waals surface area (Å²) < 4.78 is 0. The van der Waals surface area contributed by atoms with Crippen molar-refractivity contribution in [2.75, 3.05) is 5.01 Å². The second-order valence-corrected chi connectivity index (χ2v) is 7.58. The zero-order valence-corrected chi connectivity index (χ0v) is 17.0. The molecule has 9 heteroatoms. The second kappa shape index (κ2) is 7.96. The molecule has 1 aliphatic heterocycles. The third kappa shape index (κ3) is 3.87. The van der Waals surface area contributed by atoms with Gasteiger partial charge in [0.15, 0.2) is 6.04 Å². The molecule has 1 aromatic heterocycles. The van der Waals surface area contributed by atoms with Crippen LogP contribution in [0.15, 0.2) is 69.2 Å². The monoisotopic (exact) mass is 419 g/mol. The molecule has 4 rings (SSSR count). The summed E-state index contributed by atoms with van der Waals surface area (Å²) in [6, 6.07) is 13.1. The molecule has 2 heterocycles. The van der Waals surface area contributed by atoms with Gasteiger partial charge in [-0.05, 0) is 38.1 Å². The van der Waals surface area contributed by atoms with E-state index in [0.29, 0.717) is 16.5 Å². The molecule has 0 fully saturated rings. The minimum atomic E-state index is -1.02. The standard InChI is InChI=1S/C21H17N5O3S/c1-12-3-5-14(6-4-12)17-11-30-21(22-17)26-19(27)18(13(2)25-26)24-23-16-9-7-15(8-10-16)20(28)29/h3-11,18H,1-2H3,(H,28,29)/t18-/m1/s1. The number of aromatic nitrogens is 1. The normalized spacial score (nSPS) is 16.3. The molecule has 0 spiro atoms. The third-order valence-corrected chi connectivity index (χ3v) is 5.34. The average molecular weight is 419 g/mol. The van der Waals surface area contributed by atoms with E-state index in [4.69, 9.17) is 5.11 Å². The Morgan fingerprint density at radius 2 is 1.80 bits per heavy atom. The molecule has 8 nitrogen and oxygen atoms in total. The van der Waals surface area contributed by atoms with E-state index >= 15 is 0 Å². The smallest absolute Gasteiger partial charge is 0.335 e. The predicted molar refractivity (Wildman–Crippen MR) is 115 cm³/mol. The molecule has 1 atom stereocenters. The Morgan fingerprint density at radius 1 is 1.10 bits per heavy atom. The molecular formula is C21H17N5O3S. The summed E-state index contributed by atoms with van der Waals surface area (Å²) in [5.74, 6) is -1.35. The maximum atomic E-state index is 12.8. The topological polar surface area (TPSA) is 108 Å². The molecular weight excluding hydrogens is 402 g/mol. The van der Waals surface area contributed by atoms with Gasteiger partial charge in [0.25, 0.3) is 5.91 Å². The summed E-state index contributed by atoms with van der Waals surface area (Å²) in [5.41, 5.74) is 4.03. The molecule has 0 saturated heterocycles. The number of nitrogens with zero attached hydrogens (tertiary/aromatic N) is 5. The fourth-order valence-electron chi connectivity index (χ4n) is 2.84. The van der Waals surface area contributed by atoms with Gasteiger partial charge in [-0.25, -0.2) is 9.78 Å². The van der Waals surface area contributed by atoms with Gasteiger partial charge in [-0.2, -0.15) is 20.3 Å². The van der Waals surface area contributed by atoms with Crippen molar-refractivity contribution in [1.29, 1.82) is 0 Å². The minimum absolute atomic E-state index is 0.156. The summed E-state index contributed by atoms with van der Waals surface area (Å²) in [6.45, 7) is 3.73. The fourth-order valence-corrected chi connectivity index (χ4v) is 3.63. The number of aromatic carboxylic acids is 1. The van der Waals surface area contributed by atoms with E-state index in [2.05, 4.69) is 20.3 Å². The molecule has 0 bridgehead atoms. The number of hydrogen-bond acceptors (Lipinski definition) is 7. The van der Waals surface area contributed by atoms with Gasteiger partial charge in [0.05, 0.1) is 22.7 Å². The van der Waals surface area contributed by atoms with Gasteiger partial charge in [-0.3, -0.25) is 4.79 Å². The molecule has 1 N–H and O–H groups in total. The Morgan fingerprint density at radius 3 is 2.47 bits per heavy atom. The predicted octanol–water partition coefficient (Wildman–Crippen LogP) is 4.69. The quantitative estimate of drug-likeness (QED) is 0.605. The van der Waals surface area contributed by atoms with Crippen molar-refractivity contribution >= 4 is 39.7 Å². The van der Waals surface area contributed by atoms with Crippen molar-refractivity contribution in [3.05, 3.63) is 65.0 Å². The number of hydrogen-bond donors (Lipinski definition) is 1. The molecule has 2 aromatic carbocycles. The van der Waals surface area contributed by atoms with Gasteiger partial charge in [0.1, 0.15) is 0 Å². The molecule has 150 valence electrons. The molecule has 1 amide bonds. The summed E-state index contributed by atoms with van der Waals surface area (Å²) in [6.07, 6.45) is 0. The van der Waals surface area contributed by atoms with Crippen LogP contribution in [0.4, 0.5) is 10.8 Å². The number of carbonyl (C=O) groups excluding carboxylic acids is 1. The Kier molecular flexibility index (Phi) is 5.20. The van der Waals surface area contributed by atoms with Crippen molar-refractivity contribution in [3.8, 4) is 11.3 Å². The lowest BCUT2D eigenvalue weighted by Crippen LogP contribution is -2.29. The lowest BCUT2D eigenvalue weighted by Gasteiger charge is -2.08. The van der Waals surface area contributed by atoms with Crippen LogP contribution in [0.25, 0.3) is 11.3 Å². The van der Waals surface area contributed by atoms with Gasteiger partial charge >= 0.3 is 5.97 Å². The van der Waals surface area contributed by atoms with E-state index in [1.54, 1.807) is 6.92 Å². The average Bonchev–Trinajstić information content (AvgIpc) is 3.32. The molecule has 0 radical (unpaired) electrons. The van der Waals surface area contributed by atoms with Crippen LogP contribution in [0.2, 0.25) is 0 Å². The largest absolute Gasteiger partial charge is 0.478 e. The van der Waals surface area contributed by atoms with E-state index in [1.807, 2.05) is 36.6 Å². The lowest BCUT2D eigenvalue weighted by atomic mass is 10.1. The zero-order valence-electron chi connectivity index (χ0n) is 16.2. The van der Waals surface area contributed by atoms with Gasteiger partial charge in [-0.1, -0.05) is 29.8 Å². The first kappa shape index (κ1) is 19.6. The SMILES string of the molecule is CC1=NN(c2nc(-c3ccc(C)cc3)cs2)C(=O)[C@@H]1N=Nc1ccc(C(=O)O)cc1. The number of benzene rings is 2. The van der Waals surface area contributed by atoms with Crippen LogP contribution in [0.3, 0.4) is 0 Å². The van der Waals surface area contributed by atoms with Gasteiger partial charge in [0.2, 0.25) is 5.13 Å². The number of thiazole rings is 1. The van der Waals surface area contributed by atoms with Crippen molar-refractivity contribution in [3.63, 3.8) is 0 Å². The van der Waals surface area contributed by atoms with Crippen LogP contribution in [0.5, 0.6) is 0 Å². The van der Waals surface area contributed by atoms with Crippen LogP contribution in [0.1, 0.15) is 22.8 Å². The van der Waals surface area contributed by atoms with E-state index in [-0.39, 0.29) is 11.5 Å². The summed E-state index contributed by atoms with van der Waals surface area (Å²) >= 11 is 1.33. The maximum absolute atomic E-state index is 12.8. The number of carboxylic acid groups (broad SMARTS) is 1. The fraction of sp³-hybridized carbons (Fsp3) is 0.143. The number of azo groups is 1. The van der Waals surface area contributed by atoms with Crippen LogP contribution >= 0.6 is 11.3 Å². The van der Waals surface area contributed by atoms with Crippen molar-refractivity contribution < 1.29 is 14.7 Å². The second-order valence-electron chi connectivity index (χ2n) is 6.74. The molecule has 3 aromatic rings. The van der Waals surface area contributed by atoms with Crippen LogP contribution in [-0.2, 0) is 4.79 Å². The van der Waals surface area contributed by atoms with Crippen molar-refractivity contribution in [2.45, 2.75) is 19.9 Å². The Balaban J connectivity index is 1.51. The highest BCUT2D eigenvalue weighted by Gasteiger charge is 2.36. The number of rotatable bonds is 5. The number of amides is 1. The summed E-state index contributed by atoms with van der Waals surface area (Å²) in [5, 5.41) is 25.0. The Labute approximate surface area is 176 Å².